The largest absolute Gasteiger partial charge is 0.471 e. The van der Waals surface area contributed by atoms with E-state index >= 15 is 4.39 Å². The van der Waals surface area contributed by atoms with Gasteiger partial charge in [0.05, 0.1) is 12.2 Å². The number of aromatic nitrogens is 2. The number of hydrogen-bond donors (Lipinski definition) is 0. The number of nitrogens with zero attached hydrogens (tertiary/aromatic N) is 3. The van der Waals surface area contributed by atoms with Crippen LogP contribution in [0.15, 0.2) is 128 Å². The van der Waals surface area contributed by atoms with Crippen LogP contribution in [0.3, 0.4) is 0 Å². The maximum absolute atomic E-state index is 16.0. The van der Waals surface area contributed by atoms with Crippen molar-refractivity contribution in [2.24, 2.45) is 0 Å². The molecule has 0 fully saturated rings. The van der Waals surface area contributed by atoms with Crippen molar-refractivity contribution in [1.29, 1.82) is 0 Å². The van der Waals surface area contributed by atoms with E-state index in [9.17, 15) is 18.0 Å². The molecule has 0 aliphatic carbocycles. The molecule has 40 heavy (non-hydrogen) atoms. The Kier molecular flexibility index (Phi) is 7.51. The van der Waals surface area contributed by atoms with Gasteiger partial charge in [0.1, 0.15) is 5.54 Å². The summed E-state index contributed by atoms with van der Waals surface area (Å²) in [6, 6.07) is 36.2. The average Bonchev–Trinajstić information content (AvgIpc) is 3.34. The van der Waals surface area contributed by atoms with Crippen LogP contribution in [0.5, 0.6) is 0 Å². The molecule has 1 heterocycles. The van der Waals surface area contributed by atoms with Gasteiger partial charge in [0.15, 0.2) is 0 Å². The van der Waals surface area contributed by atoms with Crippen LogP contribution in [-0.4, -0.2) is 26.5 Å². The number of amides is 1. The van der Waals surface area contributed by atoms with Gasteiger partial charge >= 0.3 is 12.1 Å². The summed E-state index contributed by atoms with van der Waals surface area (Å²) in [4.78, 5) is 17.1. The molecule has 0 spiro atoms. The number of halogens is 4. The molecule has 202 valence electrons. The lowest BCUT2D eigenvalue weighted by Crippen LogP contribution is -2.40. The van der Waals surface area contributed by atoms with Gasteiger partial charge in [-0.05, 0) is 22.3 Å². The second kappa shape index (κ2) is 11.2. The summed E-state index contributed by atoms with van der Waals surface area (Å²) in [5, 5.41) is 0. The molecule has 0 saturated carbocycles. The van der Waals surface area contributed by atoms with Crippen molar-refractivity contribution in [3.63, 3.8) is 0 Å². The normalized spacial score (nSPS) is 11.8. The minimum absolute atomic E-state index is 0.0156. The summed E-state index contributed by atoms with van der Waals surface area (Å²) in [6.07, 6.45) is -4.60. The van der Waals surface area contributed by atoms with Crippen molar-refractivity contribution in [3.05, 3.63) is 162 Å². The van der Waals surface area contributed by atoms with E-state index in [1.165, 1.54) is 10.8 Å². The van der Waals surface area contributed by atoms with Gasteiger partial charge in [0.2, 0.25) is 0 Å². The van der Waals surface area contributed by atoms with Crippen LogP contribution in [0, 0.1) is 6.08 Å². The number of rotatable bonds is 8. The zero-order valence-electron chi connectivity index (χ0n) is 21.3. The summed E-state index contributed by atoms with van der Waals surface area (Å²) < 4.78 is 58.0. The van der Waals surface area contributed by atoms with Crippen molar-refractivity contribution >= 4 is 5.91 Å². The van der Waals surface area contributed by atoms with Gasteiger partial charge < -0.3 is 4.90 Å². The minimum atomic E-state index is -5.10. The van der Waals surface area contributed by atoms with E-state index < -0.39 is 30.2 Å². The van der Waals surface area contributed by atoms with Gasteiger partial charge in [0.25, 0.3) is 6.08 Å². The lowest BCUT2D eigenvalue weighted by Gasteiger charge is -2.37. The molecule has 0 N–H and O–H groups in total. The highest BCUT2D eigenvalue weighted by Gasteiger charge is 2.44. The summed E-state index contributed by atoms with van der Waals surface area (Å²) in [5.41, 5.74) is 1.43. The molecule has 5 rings (SSSR count). The molecule has 0 unspecified atom stereocenters. The number of benzene rings is 4. The number of carbonyl (C=O) groups excluding carboxylic acids is 1. The van der Waals surface area contributed by atoms with Crippen LogP contribution in [0.4, 0.5) is 17.6 Å². The molecule has 0 saturated heterocycles. The predicted octanol–water partition coefficient (Wildman–Crippen LogP) is 6.95. The zero-order valence-corrected chi connectivity index (χ0v) is 21.3. The van der Waals surface area contributed by atoms with Crippen molar-refractivity contribution < 1.29 is 22.4 Å². The Morgan fingerprint density at radius 3 is 1.52 bits per heavy atom. The fraction of sp³-hybridized carbons (Fsp3) is 0.125. The average molecular weight is 544 g/mol. The molecule has 1 aromatic heterocycles. The van der Waals surface area contributed by atoms with Gasteiger partial charge in [-0.25, -0.2) is 4.98 Å². The minimum Gasteiger partial charge on any atom is -0.325 e. The molecule has 0 aliphatic heterocycles. The fourth-order valence-corrected chi connectivity index (χ4v) is 5.05. The Labute approximate surface area is 229 Å². The predicted molar refractivity (Wildman–Crippen MR) is 144 cm³/mol. The number of carbonyl (C=O) groups is 1. The van der Waals surface area contributed by atoms with Gasteiger partial charge in [-0.2, -0.15) is 17.6 Å². The molecular weight excluding hydrogens is 518 g/mol. The maximum atomic E-state index is 16.0. The molecule has 0 aliphatic rings. The highest BCUT2D eigenvalue weighted by molar-refractivity contribution is 5.81. The first-order valence-corrected chi connectivity index (χ1v) is 12.6. The Balaban J connectivity index is 1.66. The second-order valence-corrected chi connectivity index (χ2v) is 9.32. The van der Waals surface area contributed by atoms with Gasteiger partial charge in [-0.3, -0.25) is 9.36 Å². The van der Waals surface area contributed by atoms with Crippen LogP contribution in [0.2, 0.25) is 0 Å². The van der Waals surface area contributed by atoms with Gasteiger partial charge in [-0.1, -0.05) is 121 Å². The highest BCUT2D eigenvalue weighted by Crippen LogP contribution is 2.41. The molecular formula is C32H25F4N3O. The monoisotopic (exact) mass is 543 g/mol. The van der Waals surface area contributed by atoms with Crippen LogP contribution in [0.1, 0.15) is 27.9 Å². The quantitative estimate of drug-likeness (QED) is 0.157. The van der Waals surface area contributed by atoms with Crippen molar-refractivity contribution in [1.82, 2.24) is 14.5 Å². The number of imidazole rings is 1. The maximum Gasteiger partial charge on any atom is 0.471 e. The van der Waals surface area contributed by atoms with E-state index in [1.807, 2.05) is 91.0 Å². The second-order valence-electron chi connectivity index (χ2n) is 9.32. The summed E-state index contributed by atoms with van der Waals surface area (Å²) in [5.74, 6) is -2.02. The Bertz CT molecular complexity index is 1460. The number of hydrogen-bond acceptors (Lipinski definition) is 2. The molecule has 0 atom stereocenters. The smallest absolute Gasteiger partial charge is 0.325 e. The third-order valence-electron chi connectivity index (χ3n) is 6.75. The first-order chi connectivity index (χ1) is 19.3. The molecule has 8 heteroatoms. The molecule has 0 radical (unpaired) electrons. The Hall–Kier alpha value is -4.72. The molecule has 5 aromatic rings. The van der Waals surface area contributed by atoms with Gasteiger partial charge in [0, 0.05) is 12.7 Å². The van der Waals surface area contributed by atoms with Crippen LogP contribution in [-0.2, 0) is 23.4 Å². The summed E-state index contributed by atoms with van der Waals surface area (Å²) in [7, 11) is 0. The first-order valence-electron chi connectivity index (χ1n) is 12.6. The van der Waals surface area contributed by atoms with E-state index in [2.05, 4.69) is 4.98 Å². The van der Waals surface area contributed by atoms with Crippen molar-refractivity contribution in [2.45, 2.75) is 24.8 Å². The molecule has 0 bridgehead atoms. The highest BCUT2D eigenvalue weighted by atomic mass is 19.4. The standard InChI is InChI=1S/C32H25F4N3O/c33-30-37-28(22-38(29(40)32(34,35)36)21-24-13-5-1-6-14-24)23-39(30)31(25-15-7-2-8-16-25,26-17-9-3-10-18-26)27-19-11-4-12-20-27/h1-20,23H,21-22H2. The van der Waals surface area contributed by atoms with E-state index in [4.69, 9.17) is 0 Å². The van der Waals surface area contributed by atoms with Gasteiger partial charge in [-0.15, -0.1) is 0 Å². The zero-order chi connectivity index (χ0) is 28.2. The Morgan fingerprint density at radius 1 is 0.675 bits per heavy atom. The van der Waals surface area contributed by atoms with Crippen LogP contribution < -0.4 is 0 Å². The summed E-state index contributed by atoms with van der Waals surface area (Å²) in [6.45, 7) is -0.847. The molecule has 4 aromatic carbocycles. The third-order valence-corrected chi connectivity index (χ3v) is 6.75. The third kappa shape index (κ3) is 5.25. The van der Waals surface area contributed by atoms with Crippen LogP contribution >= 0.6 is 0 Å². The van der Waals surface area contributed by atoms with E-state index in [1.54, 1.807) is 30.3 Å². The van der Waals surface area contributed by atoms with Crippen molar-refractivity contribution in [2.75, 3.05) is 0 Å². The fourth-order valence-electron chi connectivity index (χ4n) is 5.05. The lowest BCUT2D eigenvalue weighted by molar-refractivity contribution is -0.186. The van der Waals surface area contributed by atoms with Crippen LogP contribution in [0.25, 0.3) is 0 Å². The SMILES string of the molecule is O=C(N(Cc1ccccc1)Cc1cn(C(c2ccccc2)(c2ccccc2)c2ccccc2)c(F)n1)C(F)(F)F. The number of alkyl halides is 3. The van der Waals surface area contributed by atoms with Crippen molar-refractivity contribution in [3.8, 4) is 0 Å². The first kappa shape index (κ1) is 26.9. The lowest BCUT2D eigenvalue weighted by atomic mass is 9.76. The van der Waals surface area contributed by atoms with E-state index in [0.29, 0.717) is 10.5 Å². The van der Waals surface area contributed by atoms with E-state index in [-0.39, 0.29) is 12.2 Å². The molecule has 1 amide bonds. The van der Waals surface area contributed by atoms with E-state index in [0.717, 1.165) is 16.7 Å². The summed E-state index contributed by atoms with van der Waals surface area (Å²) >= 11 is 0. The Morgan fingerprint density at radius 2 is 1.10 bits per heavy atom. The molecule has 4 nitrogen and oxygen atoms in total. The topological polar surface area (TPSA) is 38.1 Å².